The zero-order valence-corrected chi connectivity index (χ0v) is 13.0. The van der Waals surface area contributed by atoms with Crippen LogP contribution in [-0.4, -0.2) is 12.5 Å². The van der Waals surface area contributed by atoms with Gasteiger partial charge in [0.25, 0.3) is 5.91 Å². The molecule has 0 fully saturated rings. The van der Waals surface area contributed by atoms with Crippen LogP contribution in [0.2, 0.25) is 0 Å². The third kappa shape index (κ3) is 2.97. The number of anilines is 2. The van der Waals surface area contributed by atoms with Gasteiger partial charge in [-0.25, -0.2) is 0 Å². The molecular weight excluding hydrogens is 288 g/mol. The molecule has 0 bridgehead atoms. The van der Waals surface area contributed by atoms with Crippen LogP contribution in [0.3, 0.4) is 0 Å². The molecule has 0 radical (unpaired) electrons. The molecule has 0 atom stereocenters. The molecule has 2 aromatic rings. The van der Waals surface area contributed by atoms with Gasteiger partial charge in [-0.15, -0.1) is 6.58 Å². The Balaban J connectivity index is 2.06. The lowest BCUT2D eigenvalue weighted by atomic mass is 10.1. The van der Waals surface area contributed by atoms with Gasteiger partial charge in [-0.2, -0.15) is 0 Å². The van der Waals surface area contributed by atoms with Crippen molar-refractivity contribution >= 4 is 23.4 Å². The molecule has 1 aliphatic rings. The number of hydrogen-bond acceptors (Lipinski definition) is 3. The van der Waals surface area contributed by atoms with Crippen molar-refractivity contribution in [2.45, 2.75) is 6.92 Å². The molecule has 0 spiro atoms. The normalized spacial score (nSPS) is 15.3. The number of aryl methyl sites for hydroxylation is 1. The first-order valence-corrected chi connectivity index (χ1v) is 7.37. The Morgan fingerprint density at radius 2 is 2.09 bits per heavy atom. The maximum absolute atomic E-state index is 12.7. The summed E-state index contributed by atoms with van der Waals surface area (Å²) in [4.78, 5) is 14.3. The second-order valence-corrected chi connectivity index (χ2v) is 5.46. The maximum Gasteiger partial charge on any atom is 0.294 e. The van der Waals surface area contributed by atoms with Gasteiger partial charge in [-0.1, -0.05) is 35.9 Å². The molecule has 3 rings (SSSR count). The fourth-order valence-corrected chi connectivity index (χ4v) is 2.55. The minimum atomic E-state index is -0.191. The molecule has 0 aliphatic carbocycles. The predicted molar refractivity (Wildman–Crippen MR) is 93.2 cm³/mol. The maximum atomic E-state index is 12.7. The van der Waals surface area contributed by atoms with Gasteiger partial charge in [-0.3, -0.25) is 9.69 Å². The smallest absolute Gasteiger partial charge is 0.294 e. The zero-order valence-electron chi connectivity index (χ0n) is 13.0. The predicted octanol–water partition coefficient (Wildman–Crippen LogP) is 3.53. The van der Waals surface area contributed by atoms with Crippen LogP contribution in [0.4, 0.5) is 11.4 Å². The number of nitrogens with two attached hydrogens (primary N) is 1. The molecule has 2 aromatic carbocycles. The second-order valence-electron chi connectivity index (χ2n) is 5.46. The average Bonchev–Trinajstić information content (AvgIpc) is 2.51. The third-order valence-corrected chi connectivity index (χ3v) is 3.60. The first kappa shape index (κ1) is 14.9. The van der Waals surface area contributed by atoms with E-state index in [2.05, 4.69) is 6.58 Å². The van der Waals surface area contributed by atoms with E-state index in [0.29, 0.717) is 23.7 Å². The number of fused-ring (bicyclic) bond motifs is 1. The highest BCUT2D eigenvalue weighted by atomic mass is 16.5. The van der Waals surface area contributed by atoms with Gasteiger partial charge < -0.3 is 10.5 Å². The Morgan fingerprint density at radius 3 is 2.83 bits per heavy atom. The molecule has 0 saturated heterocycles. The molecule has 0 unspecified atom stereocenters. The first-order chi connectivity index (χ1) is 11.1. The molecule has 1 heterocycles. The highest BCUT2D eigenvalue weighted by molar-refractivity contribution is 6.10. The van der Waals surface area contributed by atoms with Gasteiger partial charge in [0.05, 0.1) is 5.69 Å². The summed E-state index contributed by atoms with van der Waals surface area (Å²) in [7, 11) is 0. The SMILES string of the molecule is C=CCN1C(=O)/C(=C\c2cccc(C)c2)Oc2cc(N)ccc21. The Bertz CT molecular complexity index is 809. The molecule has 4 heteroatoms. The summed E-state index contributed by atoms with van der Waals surface area (Å²) < 4.78 is 5.80. The van der Waals surface area contributed by atoms with E-state index in [-0.39, 0.29) is 11.7 Å². The molecule has 116 valence electrons. The number of nitrogens with zero attached hydrogens (tertiary/aromatic N) is 1. The van der Waals surface area contributed by atoms with Crippen molar-refractivity contribution in [3.63, 3.8) is 0 Å². The number of amides is 1. The van der Waals surface area contributed by atoms with Gasteiger partial charge >= 0.3 is 0 Å². The summed E-state index contributed by atoms with van der Waals surface area (Å²) in [6.07, 6.45) is 3.44. The number of nitrogen functional groups attached to an aromatic ring is 1. The van der Waals surface area contributed by atoms with Crippen molar-refractivity contribution in [1.29, 1.82) is 0 Å². The van der Waals surface area contributed by atoms with Crippen LogP contribution in [0.15, 0.2) is 60.9 Å². The highest BCUT2D eigenvalue weighted by Crippen LogP contribution is 2.37. The van der Waals surface area contributed by atoms with Crippen LogP contribution < -0.4 is 15.4 Å². The van der Waals surface area contributed by atoms with Gasteiger partial charge in [-0.05, 0) is 30.7 Å². The first-order valence-electron chi connectivity index (χ1n) is 7.37. The molecule has 1 amide bonds. The van der Waals surface area contributed by atoms with Crippen LogP contribution in [-0.2, 0) is 4.79 Å². The second kappa shape index (κ2) is 6.01. The topological polar surface area (TPSA) is 55.6 Å². The van der Waals surface area contributed by atoms with Crippen LogP contribution in [0, 0.1) is 6.92 Å². The average molecular weight is 306 g/mol. The van der Waals surface area contributed by atoms with E-state index in [1.165, 1.54) is 0 Å². The van der Waals surface area contributed by atoms with E-state index in [9.17, 15) is 4.79 Å². The quantitative estimate of drug-likeness (QED) is 0.536. The molecule has 2 N–H and O–H groups in total. The van der Waals surface area contributed by atoms with Crippen LogP contribution in [0.1, 0.15) is 11.1 Å². The lowest BCUT2D eigenvalue weighted by Crippen LogP contribution is -2.37. The van der Waals surface area contributed by atoms with Crippen molar-refractivity contribution in [2.75, 3.05) is 17.2 Å². The van der Waals surface area contributed by atoms with Crippen LogP contribution in [0.5, 0.6) is 5.75 Å². The largest absolute Gasteiger partial charge is 0.449 e. The Hall–Kier alpha value is -3.01. The fraction of sp³-hybridized carbons (Fsp3) is 0.105. The van der Waals surface area contributed by atoms with Crippen LogP contribution in [0.25, 0.3) is 6.08 Å². The summed E-state index contributed by atoms with van der Waals surface area (Å²) in [6.45, 7) is 6.13. The van der Waals surface area contributed by atoms with Crippen molar-refractivity contribution in [1.82, 2.24) is 0 Å². The summed E-state index contributed by atoms with van der Waals surface area (Å²) in [5, 5.41) is 0. The fourth-order valence-electron chi connectivity index (χ4n) is 2.55. The molecule has 23 heavy (non-hydrogen) atoms. The lowest BCUT2D eigenvalue weighted by molar-refractivity contribution is -0.117. The van der Waals surface area contributed by atoms with E-state index in [1.807, 2.05) is 31.2 Å². The minimum Gasteiger partial charge on any atom is -0.449 e. The number of hydrogen-bond donors (Lipinski definition) is 1. The minimum absolute atomic E-state index is 0.191. The summed E-state index contributed by atoms with van der Waals surface area (Å²) in [5.41, 5.74) is 9.16. The molecule has 1 aliphatic heterocycles. The number of carbonyl (C=O) groups is 1. The summed E-state index contributed by atoms with van der Waals surface area (Å²) >= 11 is 0. The van der Waals surface area contributed by atoms with Crippen molar-refractivity contribution < 1.29 is 9.53 Å². The number of rotatable bonds is 3. The highest BCUT2D eigenvalue weighted by Gasteiger charge is 2.29. The van der Waals surface area contributed by atoms with Crippen molar-refractivity contribution in [3.05, 3.63) is 72.0 Å². The number of benzene rings is 2. The number of ether oxygens (including phenoxy) is 1. The Kier molecular flexibility index (Phi) is 3.89. The van der Waals surface area contributed by atoms with Crippen molar-refractivity contribution in [2.24, 2.45) is 0 Å². The van der Waals surface area contributed by atoms with E-state index in [0.717, 1.165) is 11.1 Å². The third-order valence-electron chi connectivity index (χ3n) is 3.60. The van der Waals surface area contributed by atoms with Crippen molar-refractivity contribution in [3.8, 4) is 5.75 Å². The summed E-state index contributed by atoms with van der Waals surface area (Å²) in [5.74, 6) is 0.657. The molecular formula is C19H18N2O2. The van der Waals surface area contributed by atoms with Gasteiger partial charge in [0, 0.05) is 18.3 Å². The summed E-state index contributed by atoms with van der Waals surface area (Å²) in [6, 6.07) is 13.1. The molecule has 0 saturated carbocycles. The van der Waals surface area contributed by atoms with Crippen LogP contribution >= 0.6 is 0 Å². The lowest BCUT2D eigenvalue weighted by Gasteiger charge is -2.29. The van der Waals surface area contributed by atoms with E-state index in [4.69, 9.17) is 10.5 Å². The monoisotopic (exact) mass is 306 g/mol. The van der Waals surface area contributed by atoms with E-state index < -0.39 is 0 Å². The van der Waals surface area contributed by atoms with Gasteiger partial charge in [0.15, 0.2) is 11.5 Å². The van der Waals surface area contributed by atoms with Gasteiger partial charge in [0.2, 0.25) is 0 Å². The zero-order chi connectivity index (χ0) is 16.4. The van der Waals surface area contributed by atoms with E-state index in [1.54, 1.807) is 35.3 Å². The Labute approximate surface area is 135 Å². The van der Waals surface area contributed by atoms with E-state index >= 15 is 0 Å². The molecule has 0 aromatic heterocycles. The standard InChI is InChI=1S/C19H18N2O2/c1-3-9-21-16-8-7-15(20)12-17(16)23-18(19(21)22)11-14-6-4-5-13(2)10-14/h3-8,10-12H,1,9,20H2,2H3/b18-11+. The van der Waals surface area contributed by atoms with Gasteiger partial charge in [0.1, 0.15) is 0 Å². The number of carbonyl (C=O) groups excluding carboxylic acids is 1. The Morgan fingerprint density at radius 1 is 1.26 bits per heavy atom. The molecule has 4 nitrogen and oxygen atoms in total.